The van der Waals surface area contributed by atoms with Crippen LogP contribution in [0.25, 0.3) is 11.4 Å². The number of nitrogens with one attached hydrogen (secondary N) is 3. The predicted molar refractivity (Wildman–Crippen MR) is 111 cm³/mol. The van der Waals surface area contributed by atoms with E-state index in [9.17, 15) is 19.5 Å². The largest absolute Gasteiger partial charge is 0.501 e. The molecule has 2 aromatic carbocycles. The van der Waals surface area contributed by atoms with Gasteiger partial charge in [-0.25, -0.2) is 14.6 Å². The Hall–Kier alpha value is -3.56. The molecule has 0 bridgehead atoms. The Kier molecular flexibility index (Phi) is 6.24. The molecule has 0 saturated carbocycles. The van der Waals surface area contributed by atoms with Crippen LogP contribution in [0, 0.1) is 0 Å². The number of aromatic hydroxyl groups is 1. The molecule has 11 heteroatoms. The number of amides is 2. The van der Waals surface area contributed by atoms with Gasteiger partial charge in [0.25, 0.3) is 5.56 Å². The monoisotopic (exact) mass is 448 g/mol. The fraction of sp³-hybridized carbons (Fsp3) is 0.0526. The summed E-state index contributed by atoms with van der Waals surface area (Å²) in [5, 5.41) is 24.8. The molecule has 9 nitrogen and oxygen atoms in total. The number of rotatable bonds is 5. The van der Waals surface area contributed by atoms with Crippen molar-refractivity contribution in [3.8, 4) is 17.1 Å². The van der Waals surface area contributed by atoms with E-state index in [2.05, 4.69) is 20.6 Å². The van der Waals surface area contributed by atoms with Crippen molar-refractivity contribution in [3.05, 3.63) is 74.1 Å². The summed E-state index contributed by atoms with van der Waals surface area (Å²) in [6.45, 7) is 0.126. The van der Waals surface area contributed by atoms with E-state index in [4.69, 9.17) is 28.3 Å². The van der Waals surface area contributed by atoms with Gasteiger partial charge >= 0.3 is 12.0 Å². The highest BCUT2D eigenvalue weighted by molar-refractivity contribution is 6.35. The molecule has 0 unspecified atom stereocenters. The second kappa shape index (κ2) is 8.85. The number of hydrogen-bond donors (Lipinski definition) is 5. The Morgan fingerprint density at radius 2 is 1.87 bits per heavy atom. The highest BCUT2D eigenvalue weighted by Crippen LogP contribution is 2.26. The minimum absolute atomic E-state index is 0.126. The molecule has 0 radical (unpaired) electrons. The van der Waals surface area contributed by atoms with E-state index < -0.39 is 29.0 Å². The van der Waals surface area contributed by atoms with Crippen LogP contribution in [-0.4, -0.2) is 32.2 Å². The average Bonchev–Trinajstić information content (AvgIpc) is 2.69. The van der Waals surface area contributed by atoms with Crippen LogP contribution >= 0.6 is 23.2 Å². The Morgan fingerprint density at radius 3 is 2.57 bits per heavy atom. The van der Waals surface area contributed by atoms with Crippen molar-refractivity contribution in [3.63, 3.8) is 0 Å². The van der Waals surface area contributed by atoms with E-state index in [1.165, 1.54) is 12.1 Å². The Labute approximate surface area is 179 Å². The number of aromatic carboxylic acids is 1. The molecule has 5 N–H and O–H groups in total. The van der Waals surface area contributed by atoms with Crippen molar-refractivity contribution in [2.24, 2.45) is 0 Å². The molecule has 1 heterocycles. The van der Waals surface area contributed by atoms with Crippen molar-refractivity contribution in [2.75, 3.05) is 5.32 Å². The molecule has 3 rings (SSSR count). The maximum absolute atomic E-state index is 12.3. The van der Waals surface area contributed by atoms with Crippen LogP contribution in [0.15, 0.2) is 47.3 Å². The Morgan fingerprint density at radius 1 is 1.13 bits per heavy atom. The SMILES string of the molecule is O=C(NCc1ccc(Cl)cc1Cl)Nc1ccccc1-c1nc(C(=O)O)c(O)c(=O)[nH]1. The van der Waals surface area contributed by atoms with Gasteiger partial charge in [-0.15, -0.1) is 0 Å². The maximum Gasteiger partial charge on any atom is 0.358 e. The fourth-order valence-corrected chi connectivity index (χ4v) is 3.02. The lowest BCUT2D eigenvalue weighted by molar-refractivity contribution is 0.0686. The number of benzene rings is 2. The number of aromatic amines is 1. The molecule has 30 heavy (non-hydrogen) atoms. The molecular formula is C19H14Cl2N4O5. The van der Waals surface area contributed by atoms with Crippen LogP contribution in [0.3, 0.4) is 0 Å². The summed E-state index contributed by atoms with van der Waals surface area (Å²) < 4.78 is 0. The third-order valence-electron chi connectivity index (χ3n) is 3.98. The Balaban J connectivity index is 1.83. The highest BCUT2D eigenvalue weighted by Gasteiger charge is 2.19. The van der Waals surface area contributed by atoms with Gasteiger partial charge < -0.3 is 25.8 Å². The number of halogens is 2. The molecular weight excluding hydrogens is 435 g/mol. The molecule has 154 valence electrons. The molecule has 2 amide bonds. The first-order valence-corrected chi connectivity index (χ1v) is 9.16. The molecule has 0 aliphatic carbocycles. The highest BCUT2D eigenvalue weighted by atomic mass is 35.5. The summed E-state index contributed by atoms with van der Waals surface area (Å²) in [6, 6.07) is 10.6. The predicted octanol–water partition coefficient (Wildman–Crippen LogP) is 3.47. The first kappa shape index (κ1) is 21.2. The molecule has 1 aromatic heterocycles. The number of aromatic nitrogens is 2. The van der Waals surface area contributed by atoms with Crippen LogP contribution in [-0.2, 0) is 6.54 Å². The topological polar surface area (TPSA) is 144 Å². The summed E-state index contributed by atoms with van der Waals surface area (Å²) in [6.07, 6.45) is 0. The van der Waals surface area contributed by atoms with E-state index in [-0.39, 0.29) is 23.6 Å². The summed E-state index contributed by atoms with van der Waals surface area (Å²) >= 11 is 11.9. The number of H-pyrrole nitrogens is 1. The first-order chi connectivity index (χ1) is 14.3. The van der Waals surface area contributed by atoms with Crippen LogP contribution in [0.4, 0.5) is 10.5 Å². The van der Waals surface area contributed by atoms with Gasteiger partial charge in [0, 0.05) is 22.2 Å². The number of hydrogen-bond acceptors (Lipinski definition) is 5. The van der Waals surface area contributed by atoms with Crippen LogP contribution in [0.1, 0.15) is 16.1 Å². The zero-order valence-corrected chi connectivity index (χ0v) is 16.6. The van der Waals surface area contributed by atoms with Crippen LogP contribution in [0.2, 0.25) is 10.0 Å². The van der Waals surface area contributed by atoms with E-state index in [1.54, 1.807) is 30.3 Å². The summed E-state index contributed by atoms with van der Waals surface area (Å²) in [5.41, 5.74) is -0.668. The maximum atomic E-state index is 12.3. The summed E-state index contributed by atoms with van der Waals surface area (Å²) in [4.78, 5) is 41.5. The number of carboxylic acids is 1. The van der Waals surface area contributed by atoms with E-state index in [0.29, 0.717) is 15.6 Å². The number of urea groups is 1. The van der Waals surface area contributed by atoms with Crippen molar-refractivity contribution in [2.45, 2.75) is 6.54 Å². The molecule has 0 aliphatic rings. The molecule has 0 aliphatic heterocycles. The lowest BCUT2D eigenvalue weighted by atomic mass is 10.1. The number of carbonyl (C=O) groups is 2. The second-order valence-corrected chi connectivity index (χ2v) is 6.85. The van der Waals surface area contributed by atoms with Gasteiger partial charge in [0.05, 0.1) is 5.69 Å². The zero-order valence-electron chi connectivity index (χ0n) is 15.1. The Bertz CT molecular complexity index is 1200. The van der Waals surface area contributed by atoms with Crippen molar-refractivity contribution in [1.82, 2.24) is 15.3 Å². The lowest BCUT2D eigenvalue weighted by Gasteiger charge is -2.12. The third-order valence-corrected chi connectivity index (χ3v) is 4.57. The van der Waals surface area contributed by atoms with Crippen molar-refractivity contribution < 1.29 is 19.8 Å². The lowest BCUT2D eigenvalue weighted by Crippen LogP contribution is -2.28. The quantitative estimate of drug-likeness (QED) is 0.404. The van der Waals surface area contributed by atoms with Gasteiger partial charge in [-0.05, 0) is 29.8 Å². The molecule has 0 spiro atoms. The van der Waals surface area contributed by atoms with Crippen LogP contribution < -0.4 is 16.2 Å². The minimum Gasteiger partial charge on any atom is -0.501 e. The van der Waals surface area contributed by atoms with Gasteiger partial charge in [0.15, 0.2) is 5.69 Å². The first-order valence-electron chi connectivity index (χ1n) is 8.41. The fourth-order valence-electron chi connectivity index (χ4n) is 2.55. The van der Waals surface area contributed by atoms with Crippen molar-refractivity contribution in [1.29, 1.82) is 0 Å². The van der Waals surface area contributed by atoms with Crippen molar-refractivity contribution >= 4 is 40.9 Å². The smallest absolute Gasteiger partial charge is 0.358 e. The molecule has 3 aromatic rings. The van der Waals surface area contributed by atoms with Gasteiger partial charge in [-0.1, -0.05) is 41.4 Å². The van der Waals surface area contributed by atoms with Gasteiger partial charge in [0.1, 0.15) is 5.82 Å². The van der Waals surface area contributed by atoms with Crippen LogP contribution in [0.5, 0.6) is 5.75 Å². The normalized spacial score (nSPS) is 10.5. The summed E-state index contributed by atoms with van der Waals surface area (Å²) in [5.74, 6) is -2.70. The average molecular weight is 449 g/mol. The number of para-hydroxylation sites is 1. The minimum atomic E-state index is -1.57. The van der Waals surface area contributed by atoms with Gasteiger partial charge in [0.2, 0.25) is 5.75 Å². The molecule has 0 atom stereocenters. The standard InChI is InChI=1S/C19H14Cl2N4O5/c20-10-6-5-9(12(21)7-10)8-22-19(30)23-13-4-2-1-3-11(13)16-24-14(18(28)29)15(26)17(27)25-16/h1-7,26H,8H2,(H,28,29)(H2,22,23,30)(H,24,25,27). The zero-order chi connectivity index (χ0) is 21.8. The van der Waals surface area contributed by atoms with Gasteiger partial charge in [-0.3, -0.25) is 4.79 Å². The molecule has 0 fully saturated rings. The third kappa shape index (κ3) is 4.70. The number of nitrogens with zero attached hydrogens (tertiary/aromatic N) is 1. The summed E-state index contributed by atoms with van der Waals surface area (Å²) in [7, 11) is 0. The second-order valence-electron chi connectivity index (χ2n) is 6.01. The number of anilines is 1. The number of carbonyl (C=O) groups excluding carboxylic acids is 1. The van der Waals surface area contributed by atoms with E-state index in [1.807, 2.05) is 0 Å². The van der Waals surface area contributed by atoms with Gasteiger partial charge in [-0.2, -0.15) is 0 Å². The molecule has 0 saturated heterocycles. The van der Waals surface area contributed by atoms with E-state index in [0.717, 1.165) is 0 Å². The van der Waals surface area contributed by atoms with E-state index >= 15 is 0 Å². The number of carboxylic acid groups (broad SMARTS) is 1.